The summed E-state index contributed by atoms with van der Waals surface area (Å²) in [6.45, 7) is 2.94. The molecule has 1 unspecified atom stereocenters. The summed E-state index contributed by atoms with van der Waals surface area (Å²) in [5.74, 6) is 4.60. The van der Waals surface area contributed by atoms with Crippen molar-refractivity contribution in [3.8, 4) is 0 Å². The van der Waals surface area contributed by atoms with Gasteiger partial charge in [0.25, 0.3) is 0 Å². The lowest BCUT2D eigenvalue weighted by Gasteiger charge is -2.21. The van der Waals surface area contributed by atoms with Gasteiger partial charge in [-0.3, -0.25) is 0 Å². The highest BCUT2D eigenvalue weighted by molar-refractivity contribution is 8.06. The maximum Gasteiger partial charge on any atom is 0.224 e. The van der Waals surface area contributed by atoms with Crippen molar-refractivity contribution in [1.82, 2.24) is 9.97 Å². The first-order chi connectivity index (χ1) is 7.75. The van der Waals surface area contributed by atoms with Gasteiger partial charge in [0.05, 0.1) is 0 Å². The fourth-order valence-corrected chi connectivity index (χ4v) is 4.21. The highest BCUT2D eigenvalue weighted by atomic mass is 35.5. The van der Waals surface area contributed by atoms with Crippen LogP contribution in [0.15, 0.2) is 6.20 Å². The number of hydrogen-bond acceptors (Lipinski definition) is 5. The van der Waals surface area contributed by atoms with Crippen molar-refractivity contribution in [3.05, 3.63) is 17.0 Å². The normalized spacial score (nSPS) is 20.8. The molecule has 0 aliphatic carbocycles. The third-order valence-electron chi connectivity index (χ3n) is 2.32. The van der Waals surface area contributed by atoms with Gasteiger partial charge >= 0.3 is 0 Å². The average molecular weight is 276 g/mol. The highest BCUT2D eigenvalue weighted by Crippen LogP contribution is 2.24. The van der Waals surface area contributed by atoms with E-state index in [1.165, 1.54) is 17.3 Å². The van der Waals surface area contributed by atoms with E-state index >= 15 is 0 Å². The van der Waals surface area contributed by atoms with Gasteiger partial charge in [0, 0.05) is 40.8 Å². The number of nitrogens with one attached hydrogen (secondary N) is 1. The minimum atomic E-state index is 0.304. The Morgan fingerprint density at radius 2 is 2.44 bits per heavy atom. The van der Waals surface area contributed by atoms with Crippen LogP contribution >= 0.6 is 35.1 Å². The van der Waals surface area contributed by atoms with Crippen molar-refractivity contribution >= 4 is 40.9 Å². The van der Waals surface area contributed by atoms with Gasteiger partial charge in [0.15, 0.2) is 0 Å². The number of nitrogens with zero attached hydrogens (tertiary/aromatic N) is 2. The Hall–Kier alpha value is -0.130. The molecule has 0 bridgehead atoms. The van der Waals surface area contributed by atoms with Gasteiger partial charge in [-0.2, -0.15) is 23.5 Å². The number of aromatic nitrogens is 2. The first-order valence-corrected chi connectivity index (χ1v) is 7.76. The Labute approximate surface area is 109 Å². The molecule has 1 aliphatic rings. The second-order valence-electron chi connectivity index (χ2n) is 3.62. The second-order valence-corrected chi connectivity index (χ2v) is 6.52. The predicted octanol–water partition coefficient (Wildman–Crippen LogP) is 2.70. The van der Waals surface area contributed by atoms with Crippen molar-refractivity contribution < 1.29 is 0 Å². The van der Waals surface area contributed by atoms with Crippen LogP contribution in [0.5, 0.6) is 0 Å². The standard InChI is InChI=1S/C10H14ClN3S2/c1-7-4-13-10(11)14-9(7)12-5-8-6-15-2-3-16-8/h4,8H,2-3,5-6H2,1H3,(H,12,13,14). The summed E-state index contributed by atoms with van der Waals surface area (Å²) in [5, 5.41) is 4.33. The number of aryl methyl sites for hydroxylation is 1. The van der Waals surface area contributed by atoms with Crippen molar-refractivity contribution in [1.29, 1.82) is 0 Å². The maximum atomic E-state index is 5.77. The third kappa shape index (κ3) is 3.43. The average Bonchev–Trinajstić information content (AvgIpc) is 2.32. The predicted molar refractivity (Wildman–Crippen MR) is 73.8 cm³/mol. The van der Waals surface area contributed by atoms with E-state index in [1.807, 2.05) is 30.4 Å². The number of hydrogen-bond donors (Lipinski definition) is 1. The summed E-state index contributed by atoms with van der Waals surface area (Å²) >= 11 is 9.83. The van der Waals surface area contributed by atoms with Gasteiger partial charge in [0.2, 0.25) is 5.28 Å². The molecule has 1 saturated heterocycles. The first kappa shape index (κ1) is 12.3. The summed E-state index contributed by atoms with van der Waals surface area (Å²) < 4.78 is 0. The number of halogens is 1. The molecule has 0 amide bonds. The molecule has 1 aromatic heterocycles. The fourth-order valence-electron chi connectivity index (χ4n) is 1.46. The Morgan fingerprint density at radius 1 is 1.56 bits per heavy atom. The molecule has 0 aromatic carbocycles. The number of rotatable bonds is 3. The Balaban J connectivity index is 1.90. The summed E-state index contributed by atoms with van der Waals surface area (Å²) in [7, 11) is 0. The molecule has 1 aliphatic heterocycles. The zero-order chi connectivity index (χ0) is 11.4. The van der Waals surface area contributed by atoms with Crippen LogP contribution in [0, 0.1) is 6.92 Å². The molecule has 6 heteroatoms. The Bertz CT molecular complexity index is 356. The van der Waals surface area contributed by atoms with Crippen molar-refractivity contribution in [2.45, 2.75) is 12.2 Å². The Kier molecular flexibility index (Phi) is 4.61. The van der Waals surface area contributed by atoms with Gasteiger partial charge in [-0.15, -0.1) is 0 Å². The molecule has 3 nitrogen and oxygen atoms in total. The topological polar surface area (TPSA) is 37.8 Å². The summed E-state index contributed by atoms with van der Waals surface area (Å²) in [6, 6.07) is 0. The van der Waals surface area contributed by atoms with Gasteiger partial charge in [0.1, 0.15) is 5.82 Å². The lowest BCUT2D eigenvalue weighted by Crippen LogP contribution is -2.23. The van der Waals surface area contributed by atoms with Crippen LogP contribution < -0.4 is 5.32 Å². The second kappa shape index (κ2) is 5.98. The van der Waals surface area contributed by atoms with Gasteiger partial charge in [-0.05, 0) is 18.5 Å². The van der Waals surface area contributed by atoms with E-state index in [9.17, 15) is 0 Å². The zero-order valence-electron chi connectivity index (χ0n) is 9.07. The van der Waals surface area contributed by atoms with Crippen LogP contribution in [0.2, 0.25) is 5.28 Å². The van der Waals surface area contributed by atoms with E-state index in [0.29, 0.717) is 10.5 Å². The summed E-state index contributed by atoms with van der Waals surface area (Å²) in [6.07, 6.45) is 1.75. The molecule has 88 valence electrons. The lowest BCUT2D eigenvalue weighted by molar-refractivity contribution is 0.981. The van der Waals surface area contributed by atoms with Crippen LogP contribution in [-0.4, -0.2) is 39.0 Å². The van der Waals surface area contributed by atoms with E-state index in [2.05, 4.69) is 15.3 Å². The molecule has 1 atom stereocenters. The van der Waals surface area contributed by atoms with Gasteiger partial charge < -0.3 is 5.32 Å². The van der Waals surface area contributed by atoms with E-state index in [0.717, 1.165) is 17.9 Å². The SMILES string of the molecule is Cc1cnc(Cl)nc1NCC1CSCCS1. The molecule has 1 aromatic rings. The molecule has 0 saturated carbocycles. The van der Waals surface area contributed by atoms with Crippen LogP contribution in [-0.2, 0) is 0 Å². The lowest BCUT2D eigenvalue weighted by atomic mass is 10.3. The van der Waals surface area contributed by atoms with E-state index in [4.69, 9.17) is 11.6 Å². The van der Waals surface area contributed by atoms with Crippen molar-refractivity contribution in [2.75, 3.05) is 29.1 Å². The van der Waals surface area contributed by atoms with Crippen LogP contribution in [0.4, 0.5) is 5.82 Å². The molecule has 1 N–H and O–H groups in total. The first-order valence-electron chi connectivity index (χ1n) is 5.18. The minimum Gasteiger partial charge on any atom is -0.369 e. The zero-order valence-corrected chi connectivity index (χ0v) is 11.5. The van der Waals surface area contributed by atoms with E-state index < -0.39 is 0 Å². The third-order valence-corrected chi connectivity index (χ3v) is 5.35. The molecule has 1 fully saturated rings. The molecule has 2 rings (SSSR count). The number of anilines is 1. The van der Waals surface area contributed by atoms with Crippen LogP contribution in [0.1, 0.15) is 5.56 Å². The molecule has 16 heavy (non-hydrogen) atoms. The van der Waals surface area contributed by atoms with Crippen molar-refractivity contribution in [3.63, 3.8) is 0 Å². The molecule has 0 radical (unpaired) electrons. The van der Waals surface area contributed by atoms with Crippen molar-refractivity contribution in [2.24, 2.45) is 0 Å². The van der Waals surface area contributed by atoms with E-state index in [-0.39, 0.29) is 0 Å². The minimum absolute atomic E-state index is 0.304. The molecule has 0 spiro atoms. The molecular formula is C10H14ClN3S2. The quantitative estimate of drug-likeness (QED) is 0.859. The van der Waals surface area contributed by atoms with Crippen LogP contribution in [0.25, 0.3) is 0 Å². The summed E-state index contributed by atoms with van der Waals surface area (Å²) in [4.78, 5) is 8.12. The van der Waals surface area contributed by atoms with E-state index in [1.54, 1.807) is 6.20 Å². The van der Waals surface area contributed by atoms with Gasteiger partial charge in [-0.1, -0.05) is 0 Å². The van der Waals surface area contributed by atoms with Crippen LogP contribution in [0.3, 0.4) is 0 Å². The maximum absolute atomic E-state index is 5.77. The smallest absolute Gasteiger partial charge is 0.224 e. The fraction of sp³-hybridized carbons (Fsp3) is 0.600. The largest absolute Gasteiger partial charge is 0.369 e. The van der Waals surface area contributed by atoms with Gasteiger partial charge in [-0.25, -0.2) is 9.97 Å². The highest BCUT2D eigenvalue weighted by Gasteiger charge is 2.14. The monoisotopic (exact) mass is 275 g/mol. The molecular weight excluding hydrogens is 262 g/mol. The summed E-state index contributed by atoms with van der Waals surface area (Å²) in [5.41, 5.74) is 1.04. The Morgan fingerprint density at radius 3 is 3.19 bits per heavy atom. The molecule has 2 heterocycles. The number of thioether (sulfide) groups is 2.